The second-order valence-corrected chi connectivity index (χ2v) is 8.36. The SMILES string of the molecule is C=CC[C@H](O)[C@H]1COc2c(cn(C)c2C(=O)Nc2ccc(F)c(C#N)c2)S(=O)(=O)N1. The van der Waals surface area contributed by atoms with Crippen molar-refractivity contribution in [2.24, 2.45) is 7.05 Å². The molecule has 1 aromatic heterocycles. The number of carbonyl (C=O) groups is 1. The van der Waals surface area contributed by atoms with Gasteiger partial charge in [-0.1, -0.05) is 6.08 Å². The Balaban J connectivity index is 1.94. The number of benzene rings is 1. The topological polar surface area (TPSA) is 133 Å². The number of ether oxygens (including phenoxy) is 1. The maximum absolute atomic E-state index is 13.5. The number of aromatic nitrogens is 1. The zero-order valence-electron chi connectivity index (χ0n) is 15.9. The Hall–Kier alpha value is -3.20. The molecular formula is C19H19FN4O5S. The van der Waals surface area contributed by atoms with Crippen LogP contribution in [0.5, 0.6) is 5.75 Å². The van der Waals surface area contributed by atoms with Crippen molar-refractivity contribution in [3.63, 3.8) is 0 Å². The fourth-order valence-corrected chi connectivity index (χ4v) is 4.49. The summed E-state index contributed by atoms with van der Waals surface area (Å²) in [5, 5.41) is 21.6. The highest BCUT2D eigenvalue weighted by Gasteiger charge is 2.36. The van der Waals surface area contributed by atoms with Crippen LogP contribution in [0.15, 0.2) is 41.9 Å². The first kappa shape index (κ1) is 21.5. The number of nitrogens with zero attached hydrogens (tertiary/aromatic N) is 2. The summed E-state index contributed by atoms with van der Waals surface area (Å²) >= 11 is 0. The molecule has 1 aromatic carbocycles. The van der Waals surface area contributed by atoms with Crippen LogP contribution in [-0.4, -0.2) is 42.8 Å². The molecule has 9 nitrogen and oxygen atoms in total. The van der Waals surface area contributed by atoms with E-state index < -0.39 is 33.9 Å². The van der Waals surface area contributed by atoms with Gasteiger partial charge in [0, 0.05) is 18.9 Å². The maximum Gasteiger partial charge on any atom is 0.276 e. The van der Waals surface area contributed by atoms with Crippen molar-refractivity contribution < 1.29 is 27.4 Å². The van der Waals surface area contributed by atoms with Gasteiger partial charge >= 0.3 is 0 Å². The lowest BCUT2D eigenvalue weighted by atomic mass is 10.1. The maximum atomic E-state index is 13.5. The van der Waals surface area contributed by atoms with Crippen molar-refractivity contribution >= 4 is 21.6 Å². The Morgan fingerprint density at radius 2 is 2.33 bits per heavy atom. The fourth-order valence-electron chi connectivity index (χ4n) is 3.04. The number of halogens is 1. The van der Waals surface area contributed by atoms with Gasteiger partial charge in [0.2, 0.25) is 10.0 Å². The molecule has 0 unspecified atom stereocenters. The van der Waals surface area contributed by atoms with Crippen molar-refractivity contribution in [1.82, 2.24) is 9.29 Å². The van der Waals surface area contributed by atoms with Crippen molar-refractivity contribution in [3.05, 3.63) is 54.1 Å². The first-order valence-electron chi connectivity index (χ1n) is 8.82. The summed E-state index contributed by atoms with van der Waals surface area (Å²) in [5.41, 5.74) is -0.181. The quantitative estimate of drug-likeness (QED) is 0.607. The van der Waals surface area contributed by atoms with Crippen molar-refractivity contribution in [1.29, 1.82) is 5.26 Å². The summed E-state index contributed by atoms with van der Waals surface area (Å²) in [5.74, 6) is -1.61. The van der Waals surface area contributed by atoms with E-state index in [0.29, 0.717) is 0 Å². The largest absolute Gasteiger partial charge is 0.488 e. The third-order valence-electron chi connectivity index (χ3n) is 4.54. The van der Waals surface area contributed by atoms with Gasteiger partial charge in [-0.15, -0.1) is 6.58 Å². The second-order valence-electron chi connectivity index (χ2n) is 6.67. The Labute approximate surface area is 172 Å². The minimum absolute atomic E-state index is 0.0860. The zero-order valence-corrected chi connectivity index (χ0v) is 16.7. The number of nitrogens with one attached hydrogen (secondary N) is 2. The molecule has 2 aromatic rings. The van der Waals surface area contributed by atoms with Gasteiger partial charge in [0.15, 0.2) is 11.4 Å². The highest BCUT2D eigenvalue weighted by atomic mass is 32.2. The van der Waals surface area contributed by atoms with Crippen LogP contribution in [0.2, 0.25) is 0 Å². The summed E-state index contributed by atoms with van der Waals surface area (Å²) in [6, 6.07) is 4.22. The Morgan fingerprint density at radius 3 is 3.00 bits per heavy atom. The van der Waals surface area contributed by atoms with Gasteiger partial charge in [-0.05, 0) is 24.6 Å². The molecule has 0 spiro atoms. The second kappa shape index (κ2) is 8.27. The van der Waals surface area contributed by atoms with E-state index in [9.17, 15) is 22.7 Å². The van der Waals surface area contributed by atoms with E-state index in [-0.39, 0.29) is 40.6 Å². The zero-order chi connectivity index (χ0) is 22.1. The Morgan fingerprint density at radius 1 is 1.60 bits per heavy atom. The minimum atomic E-state index is -4.08. The number of sulfonamides is 1. The lowest BCUT2D eigenvalue weighted by molar-refractivity contribution is 0.0999. The number of aliphatic hydroxyl groups is 1. The summed E-state index contributed by atoms with van der Waals surface area (Å²) in [4.78, 5) is 12.6. The first-order chi connectivity index (χ1) is 14.2. The molecule has 1 aliphatic rings. The Bertz CT molecular complexity index is 1150. The van der Waals surface area contributed by atoms with E-state index in [1.165, 1.54) is 30.0 Å². The van der Waals surface area contributed by atoms with Gasteiger partial charge in [0.05, 0.1) is 17.7 Å². The molecule has 1 amide bonds. The first-order valence-corrected chi connectivity index (χ1v) is 10.3. The predicted octanol–water partition coefficient (Wildman–Crippen LogP) is 1.26. The van der Waals surface area contributed by atoms with Crippen LogP contribution in [-0.2, 0) is 17.1 Å². The number of carbonyl (C=O) groups excluding carboxylic acids is 1. The van der Waals surface area contributed by atoms with Crippen molar-refractivity contribution in [2.75, 3.05) is 11.9 Å². The third kappa shape index (κ3) is 4.06. The molecule has 158 valence electrons. The highest BCUT2D eigenvalue weighted by molar-refractivity contribution is 7.89. The minimum Gasteiger partial charge on any atom is -0.488 e. The molecule has 3 rings (SSSR count). The number of fused-ring (bicyclic) bond motifs is 1. The van der Waals surface area contributed by atoms with Gasteiger partial charge in [-0.2, -0.15) is 5.26 Å². The van der Waals surface area contributed by atoms with Crippen molar-refractivity contribution in [2.45, 2.75) is 23.5 Å². The third-order valence-corrected chi connectivity index (χ3v) is 6.02. The number of hydrogen-bond donors (Lipinski definition) is 3. The summed E-state index contributed by atoms with van der Waals surface area (Å²) in [7, 11) is -2.61. The Kier molecular flexibility index (Phi) is 5.93. The number of nitriles is 1. The van der Waals surface area contributed by atoms with Gasteiger partial charge < -0.3 is 19.7 Å². The number of rotatable bonds is 5. The summed E-state index contributed by atoms with van der Waals surface area (Å²) in [6.45, 7) is 3.31. The van der Waals surface area contributed by atoms with Crippen LogP contribution in [0.1, 0.15) is 22.5 Å². The van der Waals surface area contributed by atoms with E-state index in [1.54, 1.807) is 6.07 Å². The highest BCUT2D eigenvalue weighted by Crippen LogP contribution is 2.33. The predicted molar refractivity (Wildman–Crippen MR) is 105 cm³/mol. The lowest BCUT2D eigenvalue weighted by Crippen LogP contribution is -2.45. The number of hydrogen-bond acceptors (Lipinski definition) is 6. The fraction of sp³-hybridized carbons (Fsp3) is 0.263. The van der Waals surface area contributed by atoms with Gasteiger partial charge in [-0.25, -0.2) is 17.5 Å². The van der Waals surface area contributed by atoms with Gasteiger partial charge in [-0.3, -0.25) is 4.79 Å². The van der Waals surface area contributed by atoms with Gasteiger partial charge in [0.25, 0.3) is 5.91 Å². The van der Waals surface area contributed by atoms with Crippen LogP contribution in [0.25, 0.3) is 0 Å². The molecule has 11 heteroatoms. The van der Waals surface area contributed by atoms with E-state index in [4.69, 9.17) is 10.00 Å². The van der Waals surface area contributed by atoms with Crippen LogP contribution < -0.4 is 14.8 Å². The molecule has 0 aliphatic carbocycles. The number of anilines is 1. The van der Waals surface area contributed by atoms with Crippen LogP contribution in [0.3, 0.4) is 0 Å². The van der Waals surface area contributed by atoms with Crippen LogP contribution in [0, 0.1) is 17.1 Å². The average Bonchev–Trinajstić information content (AvgIpc) is 2.97. The van der Waals surface area contributed by atoms with Gasteiger partial charge in [0.1, 0.15) is 23.4 Å². The van der Waals surface area contributed by atoms with Crippen LogP contribution in [0.4, 0.5) is 10.1 Å². The molecule has 0 bridgehead atoms. The number of aliphatic hydroxyl groups excluding tert-OH is 1. The molecule has 0 saturated heterocycles. The molecule has 2 atom stereocenters. The standard InChI is InChI=1S/C19H19FN4O5S/c1-3-4-15(25)14-10-29-18-16(30(27,28)23-14)9-24(2)17(18)19(26)22-12-5-6-13(20)11(7-12)8-21/h3,5-7,9,14-15,23,25H,1,4,10H2,2H3,(H,22,26)/t14-,15+/m1/s1. The van der Waals surface area contributed by atoms with E-state index >= 15 is 0 Å². The molecular weight excluding hydrogens is 415 g/mol. The normalized spacial score (nSPS) is 18.3. The smallest absolute Gasteiger partial charge is 0.276 e. The number of aryl methyl sites for hydroxylation is 1. The van der Waals surface area contributed by atoms with Crippen LogP contribution >= 0.6 is 0 Å². The average molecular weight is 434 g/mol. The summed E-state index contributed by atoms with van der Waals surface area (Å²) in [6.07, 6.45) is 1.76. The molecule has 2 heterocycles. The molecule has 0 radical (unpaired) electrons. The molecule has 1 aliphatic heterocycles. The molecule has 0 saturated carbocycles. The molecule has 3 N–H and O–H groups in total. The van der Waals surface area contributed by atoms with Crippen molar-refractivity contribution in [3.8, 4) is 11.8 Å². The summed E-state index contributed by atoms with van der Waals surface area (Å²) < 4.78 is 48.2. The van der Waals surface area contributed by atoms with E-state index in [1.807, 2.05) is 0 Å². The molecule has 30 heavy (non-hydrogen) atoms. The monoisotopic (exact) mass is 434 g/mol. The lowest BCUT2D eigenvalue weighted by Gasteiger charge is -2.20. The molecule has 0 fully saturated rings. The number of amides is 1. The van der Waals surface area contributed by atoms with E-state index in [2.05, 4.69) is 16.6 Å². The van der Waals surface area contributed by atoms with E-state index in [0.717, 1.165) is 12.1 Å².